The number of hydrogen-bond acceptors (Lipinski definition) is 4. The number of sulfonamides is 1. The fourth-order valence-corrected chi connectivity index (χ4v) is 4.21. The average Bonchev–Trinajstić information content (AvgIpc) is 3.18. The van der Waals surface area contributed by atoms with Gasteiger partial charge in [-0.15, -0.1) is 0 Å². The third-order valence-corrected chi connectivity index (χ3v) is 5.87. The summed E-state index contributed by atoms with van der Waals surface area (Å²) in [4.78, 5) is 12.3. The van der Waals surface area contributed by atoms with Crippen LogP contribution in [0.15, 0.2) is 64.6 Å². The van der Waals surface area contributed by atoms with E-state index in [1.54, 1.807) is 12.1 Å². The van der Waals surface area contributed by atoms with Crippen LogP contribution in [0.1, 0.15) is 28.8 Å². The second-order valence-electron chi connectivity index (χ2n) is 5.75. The molecule has 1 heterocycles. The summed E-state index contributed by atoms with van der Waals surface area (Å²) in [6, 6.07) is 15.4. The zero-order chi connectivity index (χ0) is 17.7. The first-order valence-electron chi connectivity index (χ1n) is 8.06. The second kappa shape index (κ2) is 7.58. The molecule has 0 atom stereocenters. The highest BCUT2D eigenvalue weighted by molar-refractivity contribution is 7.89. The van der Waals surface area contributed by atoms with Crippen LogP contribution in [0.3, 0.4) is 0 Å². The van der Waals surface area contributed by atoms with Crippen LogP contribution >= 0.6 is 0 Å². The summed E-state index contributed by atoms with van der Waals surface area (Å²) >= 11 is 0. The molecule has 0 saturated carbocycles. The largest absolute Gasteiger partial charge is 0.271 e. The first-order chi connectivity index (χ1) is 12.1. The molecule has 6 nitrogen and oxygen atoms in total. The Morgan fingerprint density at radius 2 is 1.76 bits per heavy atom. The van der Waals surface area contributed by atoms with Gasteiger partial charge in [0.2, 0.25) is 10.0 Å². The monoisotopic (exact) mass is 357 g/mol. The Kier molecular flexibility index (Phi) is 5.25. The van der Waals surface area contributed by atoms with Crippen molar-refractivity contribution >= 4 is 22.1 Å². The second-order valence-corrected chi connectivity index (χ2v) is 7.69. The van der Waals surface area contributed by atoms with E-state index in [0.29, 0.717) is 13.1 Å². The first-order valence-corrected chi connectivity index (χ1v) is 9.50. The number of rotatable bonds is 5. The number of nitrogens with one attached hydrogen (secondary N) is 1. The molecule has 1 fully saturated rings. The van der Waals surface area contributed by atoms with Gasteiger partial charge in [0.15, 0.2) is 0 Å². The smallest absolute Gasteiger partial charge is 0.267 e. The van der Waals surface area contributed by atoms with Gasteiger partial charge in [-0.2, -0.15) is 9.41 Å². The zero-order valence-electron chi connectivity index (χ0n) is 13.6. The van der Waals surface area contributed by atoms with Gasteiger partial charge in [-0.3, -0.25) is 4.79 Å². The summed E-state index contributed by atoms with van der Waals surface area (Å²) < 4.78 is 26.6. The summed E-state index contributed by atoms with van der Waals surface area (Å²) in [6.07, 6.45) is 3.27. The first kappa shape index (κ1) is 17.3. The van der Waals surface area contributed by atoms with Crippen LogP contribution < -0.4 is 5.43 Å². The van der Waals surface area contributed by atoms with Gasteiger partial charge in [-0.25, -0.2) is 13.8 Å². The molecular formula is C18H19N3O3S. The third kappa shape index (κ3) is 4.12. The lowest BCUT2D eigenvalue weighted by Crippen LogP contribution is -2.28. The van der Waals surface area contributed by atoms with Crippen LogP contribution in [0.5, 0.6) is 0 Å². The summed E-state index contributed by atoms with van der Waals surface area (Å²) in [5.41, 5.74) is 3.53. The summed E-state index contributed by atoms with van der Waals surface area (Å²) in [6.45, 7) is 1.06. The summed E-state index contributed by atoms with van der Waals surface area (Å²) in [5, 5.41) is 3.90. The highest BCUT2D eigenvalue weighted by atomic mass is 32.2. The van der Waals surface area contributed by atoms with E-state index in [2.05, 4.69) is 10.5 Å². The molecule has 0 aromatic heterocycles. The van der Waals surface area contributed by atoms with Crippen molar-refractivity contribution in [2.75, 3.05) is 13.1 Å². The van der Waals surface area contributed by atoms with Crippen LogP contribution in [0, 0.1) is 0 Å². The number of hydrazone groups is 1. The van der Waals surface area contributed by atoms with Gasteiger partial charge >= 0.3 is 0 Å². The molecule has 0 radical (unpaired) electrons. The Morgan fingerprint density at radius 1 is 1.04 bits per heavy atom. The number of amides is 1. The predicted molar refractivity (Wildman–Crippen MR) is 95.9 cm³/mol. The molecule has 130 valence electrons. The van der Waals surface area contributed by atoms with Gasteiger partial charge in [0.1, 0.15) is 0 Å². The van der Waals surface area contributed by atoms with Crippen LogP contribution in [-0.2, 0) is 10.0 Å². The maximum absolute atomic E-state index is 12.6. The number of nitrogens with zero attached hydrogens (tertiary/aromatic N) is 2. The van der Waals surface area contributed by atoms with Gasteiger partial charge in [0, 0.05) is 18.7 Å². The minimum absolute atomic E-state index is 0.133. The molecule has 0 aliphatic carbocycles. The van der Waals surface area contributed by atoms with Crippen molar-refractivity contribution in [3.05, 3.63) is 65.7 Å². The summed E-state index contributed by atoms with van der Waals surface area (Å²) in [7, 11) is -3.54. The Hall–Kier alpha value is -2.51. The van der Waals surface area contributed by atoms with Gasteiger partial charge in [0.05, 0.1) is 11.1 Å². The number of hydrogen-bond donors (Lipinski definition) is 1. The van der Waals surface area contributed by atoms with Crippen molar-refractivity contribution in [1.82, 2.24) is 9.73 Å². The van der Waals surface area contributed by atoms with Crippen molar-refractivity contribution in [2.24, 2.45) is 5.10 Å². The molecule has 25 heavy (non-hydrogen) atoms. The van der Waals surface area contributed by atoms with Gasteiger partial charge < -0.3 is 0 Å². The van der Waals surface area contributed by atoms with E-state index in [0.717, 1.165) is 18.4 Å². The van der Waals surface area contributed by atoms with Crippen LogP contribution in [0.2, 0.25) is 0 Å². The normalized spacial score (nSPS) is 15.5. The molecule has 1 aliphatic rings. The van der Waals surface area contributed by atoms with Gasteiger partial charge in [0.25, 0.3) is 5.91 Å². The Bertz CT molecular complexity index is 873. The Morgan fingerprint density at radius 3 is 2.48 bits per heavy atom. The molecule has 3 rings (SSSR count). The zero-order valence-corrected chi connectivity index (χ0v) is 14.4. The van der Waals surface area contributed by atoms with E-state index < -0.39 is 15.9 Å². The fraction of sp³-hybridized carbons (Fsp3) is 0.222. The molecule has 0 unspecified atom stereocenters. The van der Waals surface area contributed by atoms with E-state index in [-0.39, 0.29) is 10.5 Å². The van der Waals surface area contributed by atoms with Crippen molar-refractivity contribution in [3.63, 3.8) is 0 Å². The van der Waals surface area contributed by atoms with Crippen LogP contribution in [-0.4, -0.2) is 37.9 Å². The molecule has 0 spiro atoms. The average molecular weight is 357 g/mol. The van der Waals surface area contributed by atoms with Gasteiger partial charge in [-0.1, -0.05) is 36.4 Å². The molecule has 0 bridgehead atoms. The quantitative estimate of drug-likeness (QED) is 0.658. The molecule has 1 aliphatic heterocycles. The number of carbonyl (C=O) groups excluding carboxylic acids is 1. The predicted octanol–water partition coefficient (Wildman–Crippen LogP) is 2.24. The third-order valence-electron chi connectivity index (χ3n) is 3.98. The lowest BCUT2D eigenvalue weighted by Gasteiger charge is -2.15. The molecule has 1 amide bonds. The molecule has 2 aromatic rings. The van der Waals surface area contributed by atoms with E-state index in [4.69, 9.17) is 0 Å². The van der Waals surface area contributed by atoms with Crippen molar-refractivity contribution in [1.29, 1.82) is 0 Å². The Balaban J connectivity index is 1.72. The van der Waals surface area contributed by atoms with Crippen molar-refractivity contribution in [2.45, 2.75) is 17.7 Å². The molecular weight excluding hydrogens is 338 g/mol. The number of benzene rings is 2. The van der Waals surface area contributed by atoms with E-state index in [1.807, 2.05) is 30.3 Å². The van der Waals surface area contributed by atoms with E-state index in [9.17, 15) is 13.2 Å². The molecule has 1 saturated heterocycles. The van der Waals surface area contributed by atoms with Crippen molar-refractivity contribution < 1.29 is 13.2 Å². The molecule has 1 N–H and O–H groups in total. The van der Waals surface area contributed by atoms with E-state index in [1.165, 1.54) is 22.7 Å². The van der Waals surface area contributed by atoms with E-state index >= 15 is 0 Å². The molecule has 2 aromatic carbocycles. The van der Waals surface area contributed by atoms with Gasteiger partial charge in [-0.05, 0) is 36.6 Å². The fourth-order valence-electron chi connectivity index (χ4n) is 2.64. The highest BCUT2D eigenvalue weighted by Gasteiger charge is 2.27. The number of carbonyl (C=O) groups is 1. The highest BCUT2D eigenvalue weighted by Crippen LogP contribution is 2.21. The van der Waals surface area contributed by atoms with Crippen LogP contribution in [0.25, 0.3) is 0 Å². The minimum Gasteiger partial charge on any atom is -0.267 e. The Labute approximate surface area is 147 Å². The maximum atomic E-state index is 12.6. The lowest BCUT2D eigenvalue weighted by atomic mass is 10.2. The molecule has 7 heteroatoms. The summed E-state index contributed by atoms with van der Waals surface area (Å²) in [5.74, 6) is -0.453. The minimum atomic E-state index is -3.54. The lowest BCUT2D eigenvalue weighted by molar-refractivity contribution is 0.0955. The van der Waals surface area contributed by atoms with Crippen LogP contribution in [0.4, 0.5) is 0 Å². The maximum Gasteiger partial charge on any atom is 0.271 e. The topological polar surface area (TPSA) is 78.8 Å². The SMILES string of the molecule is O=C(NN=Cc1ccccc1)c1cccc(S(=O)(=O)N2CCCC2)c1. The van der Waals surface area contributed by atoms with Crippen molar-refractivity contribution in [3.8, 4) is 0 Å². The standard InChI is InChI=1S/C18H19N3O3S/c22-18(20-19-14-15-7-2-1-3-8-15)16-9-6-10-17(13-16)25(23,24)21-11-4-5-12-21/h1-3,6-10,13-14H,4-5,11-12H2,(H,20,22).